The number of imidazole rings is 1. The lowest BCUT2D eigenvalue weighted by atomic mass is 9.83. The van der Waals surface area contributed by atoms with E-state index in [9.17, 15) is 14.0 Å². The van der Waals surface area contributed by atoms with E-state index in [1.807, 2.05) is 12.1 Å². The lowest BCUT2D eigenvalue weighted by molar-refractivity contribution is -0.139. The van der Waals surface area contributed by atoms with Crippen molar-refractivity contribution in [1.29, 1.82) is 0 Å². The molecule has 13 heteroatoms. The molecule has 44 heavy (non-hydrogen) atoms. The number of nitrogens with one attached hydrogen (secondary N) is 2. The van der Waals surface area contributed by atoms with Crippen LogP contribution in [0.4, 0.5) is 15.1 Å². The predicted molar refractivity (Wildman–Crippen MR) is 163 cm³/mol. The zero-order valence-corrected chi connectivity index (χ0v) is 26.0. The Kier molecular flexibility index (Phi) is 7.39. The summed E-state index contributed by atoms with van der Waals surface area (Å²) < 4.78 is 17.1. The van der Waals surface area contributed by atoms with Gasteiger partial charge in [-0.1, -0.05) is 31.4 Å². The van der Waals surface area contributed by atoms with Crippen molar-refractivity contribution in [3.05, 3.63) is 35.2 Å². The Morgan fingerprint density at radius 1 is 1.09 bits per heavy atom. The van der Waals surface area contributed by atoms with Crippen molar-refractivity contribution >= 4 is 40.6 Å². The van der Waals surface area contributed by atoms with E-state index in [-0.39, 0.29) is 12.1 Å². The first kappa shape index (κ1) is 29.2. The maximum atomic E-state index is 14.8. The molecule has 11 nitrogen and oxygen atoms in total. The smallest absolute Gasteiger partial charge is 0.351 e. The molecule has 7 rings (SSSR count). The van der Waals surface area contributed by atoms with Crippen LogP contribution in [-0.4, -0.2) is 67.3 Å². The first-order valence-corrected chi connectivity index (χ1v) is 16.0. The van der Waals surface area contributed by atoms with Crippen LogP contribution in [0.3, 0.4) is 0 Å². The highest BCUT2D eigenvalue weighted by atomic mass is 35.5. The molecule has 0 bridgehead atoms. The first-order chi connectivity index (χ1) is 21.1. The quantitative estimate of drug-likeness (QED) is 0.387. The molecule has 0 spiro atoms. The molecule has 4 aliphatic rings. The van der Waals surface area contributed by atoms with Crippen molar-refractivity contribution in [3.8, 4) is 11.3 Å². The van der Waals surface area contributed by atoms with Crippen LogP contribution in [0.2, 0.25) is 5.02 Å². The summed E-state index contributed by atoms with van der Waals surface area (Å²) in [7, 11) is 0. The monoisotopic (exact) mass is 624 g/mol. The van der Waals surface area contributed by atoms with Gasteiger partial charge < -0.3 is 19.2 Å². The van der Waals surface area contributed by atoms with E-state index in [2.05, 4.69) is 46.0 Å². The normalized spacial score (nSPS) is 28.2. The van der Waals surface area contributed by atoms with Crippen LogP contribution in [0.25, 0.3) is 22.3 Å². The SMILES string of the molecule is CC1CCC(Cn2c(N3[C@H](C)CN(C(=O)C4(F)CC4)C[C@H]3C)nc3cc(C4NOC(=O)N4)nc(-c4cncc(Cl)c4)c32)CC1. The summed E-state index contributed by atoms with van der Waals surface area (Å²) in [5.74, 6) is 1.58. The van der Waals surface area contributed by atoms with Crippen LogP contribution < -0.4 is 15.7 Å². The second kappa shape index (κ2) is 11.1. The number of halogens is 2. The number of hydroxylamine groups is 1. The third-order valence-corrected chi connectivity index (χ3v) is 9.82. The highest BCUT2D eigenvalue weighted by Crippen LogP contribution is 2.43. The summed E-state index contributed by atoms with van der Waals surface area (Å²) in [6, 6.07) is 3.51. The molecular weight excluding hydrogens is 587 g/mol. The molecule has 2 aliphatic carbocycles. The molecule has 3 aromatic rings. The number of amides is 2. The highest BCUT2D eigenvalue weighted by Gasteiger charge is 2.54. The molecule has 2 aliphatic heterocycles. The highest BCUT2D eigenvalue weighted by molar-refractivity contribution is 6.30. The van der Waals surface area contributed by atoms with Crippen LogP contribution in [0, 0.1) is 11.8 Å². The summed E-state index contributed by atoms with van der Waals surface area (Å²) in [6.07, 6.45) is 7.31. The number of carbonyl (C=O) groups is 2. The van der Waals surface area contributed by atoms with Gasteiger partial charge in [0.15, 0.2) is 11.8 Å². The summed E-state index contributed by atoms with van der Waals surface area (Å²) in [5.41, 5.74) is 4.50. The molecule has 2 saturated carbocycles. The summed E-state index contributed by atoms with van der Waals surface area (Å²) in [5, 5.41) is 3.22. The Balaban J connectivity index is 1.36. The number of anilines is 1. The Morgan fingerprint density at radius 3 is 2.45 bits per heavy atom. The predicted octanol–water partition coefficient (Wildman–Crippen LogP) is 5.14. The maximum Gasteiger partial charge on any atom is 0.427 e. The molecule has 2 amide bonds. The van der Waals surface area contributed by atoms with Crippen molar-refractivity contribution in [2.45, 2.75) is 89.8 Å². The fourth-order valence-corrected chi connectivity index (χ4v) is 7.28. The number of hydrogen-bond donors (Lipinski definition) is 2. The minimum Gasteiger partial charge on any atom is -0.351 e. The second-order valence-corrected chi connectivity index (χ2v) is 13.6. The van der Waals surface area contributed by atoms with E-state index in [1.54, 1.807) is 17.3 Å². The molecule has 3 atom stereocenters. The molecular formula is C31H38ClFN8O3. The Labute approximate surface area is 260 Å². The van der Waals surface area contributed by atoms with Gasteiger partial charge in [-0.2, -0.15) is 0 Å². The van der Waals surface area contributed by atoms with Gasteiger partial charge in [-0.25, -0.2) is 19.2 Å². The summed E-state index contributed by atoms with van der Waals surface area (Å²) in [4.78, 5) is 48.4. The number of fused-ring (bicyclic) bond motifs is 1. The zero-order valence-electron chi connectivity index (χ0n) is 25.2. The third kappa shape index (κ3) is 5.36. The largest absolute Gasteiger partial charge is 0.427 e. The van der Waals surface area contributed by atoms with E-state index >= 15 is 0 Å². The van der Waals surface area contributed by atoms with Gasteiger partial charge in [0.1, 0.15) is 0 Å². The van der Waals surface area contributed by atoms with E-state index < -0.39 is 23.8 Å². The summed E-state index contributed by atoms with van der Waals surface area (Å²) >= 11 is 6.41. The van der Waals surface area contributed by atoms with Crippen molar-refractivity contribution in [1.82, 2.24) is 35.2 Å². The lowest BCUT2D eigenvalue weighted by Gasteiger charge is -2.45. The van der Waals surface area contributed by atoms with Gasteiger partial charge in [0.25, 0.3) is 5.91 Å². The number of hydrogen-bond acceptors (Lipinski definition) is 8. The van der Waals surface area contributed by atoms with Crippen molar-refractivity contribution in [2.75, 3.05) is 18.0 Å². The average molecular weight is 625 g/mol. The fourth-order valence-electron chi connectivity index (χ4n) is 7.11. The number of aromatic nitrogens is 4. The van der Waals surface area contributed by atoms with E-state index in [0.29, 0.717) is 53.8 Å². The average Bonchev–Trinajstić information content (AvgIpc) is 3.43. The first-order valence-electron chi connectivity index (χ1n) is 15.6. The second-order valence-electron chi connectivity index (χ2n) is 13.2. The number of alkyl halides is 1. The lowest BCUT2D eigenvalue weighted by Crippen LogP contribution is -2.60. The van der Waals surface area contributed by atoms with E-state index in [0.717, 1.165) is 42.3 Å². The molecule has 2 saturated heterocycles. The number of pyridine rings is 2. The topological polar surface area (TPSA) is 118 Å². The third-order valence-electron chi connectivity index (χ3n) is 9.62. The zero-order chi connectivity index (χ0) is 30.7. The van der Waals surface area contributed by atoms with Gasteiger partial charge in [0, 0.05) is 49.7 Å². The van der Waals surface area contributed by atoms with Crippen LogP contribution in [0.5, 0.6) is 0 Å². The molecule has 234 valence electrons. The molecule has 2 N–H and O–H groups in total. The number of nitrogens with zero attached hydrogens (tertiary/aromatic N) is 6. The van der Waals surface area contributed by atoms with Crippen LogP contribution in [0.15, 0.2) is 24.5 Å². The van der Waals surface area contributed by atoms with Gasteiger partial charge in [0.05, 0.1) is 27.4 Å². The molecule has 4 fully saturated rings. The molecule has 0 aromatic carbocycles. The summed E-state index contributed by atoms with van der Waals surface area (Å²) in [6.45, 7) is 8.05. The van der Waals surface area contributed by atoms with Crippen LogP contribution >= 0.6 is 11.6 Å². The minimum absolute atomic E-state index is 0.0973. The van der Waals surface area contributed by atoms with Crippen LogP contribution in [-0.2, 0) is 16.2 Å². The fraction of sp³-hybridized carbons (Fsp3) is 0.581. The van der Waals surface area contributed by atoms with Gasteiger partial charge in [-0.15, -0.1) is 5.48 Å². The standard InChI is InChI=1S/C31H38ClFN8O3/c1-17-4-6-20(7-5-17)16-40-26-23(36-29(40)41-18(2)14-39(15-19(41)3)28(42)31(33)8-9-31)11-24(27-37-30(43)44-38-27)35-25(26)21-10-22(32)13-34-12-21/h10-13,17-20,27,38H,4-9,14-16H2,1-3H3,(H,37,43)/t17?,18-,19-,20?,27?/m1/s1. The van der Waals surface area contributed by atoms with E-state index in [4.69, 9.17) is 26.4 Å². The molecule has 3 aromatic heterocycles. The number of piperazine rings is 1. The number of carbonyl (C=O) groups excluding carboxylic acids is 2. The molecule has 5 heterocycles. The van der Waals surface area contributed by atoms with Crippen LogP contribution in [0.1, 0.15) is 71.2 Å². The van der Waals surface area contributed by atoms with Crippen molar-refractivity contribution in [2.24, 2.45) is 11.8 Å². The Hall–Kier alpha value is -3.51. The Morgan fingerprint density at radius 2 is 1.82 bits per heavy atom. The maximum absolute atomic E-state index is 14.8. The Bertz CT molecular complexity index is 1590. The van der Waals surface area contributed by atoms with E-state index in [1.165, 1.54) is 12.8 Å². The van der Waals surface area contributed by atoms with Crippen molar-refractivity contribution in [3.63, 3.8) is 0 Å². The van der Waals surface area contributed by atoms with Gasteiger partial charge in [-0.3, -0.25) is 15.1 Å². The minimum atomic E-state index is -1.69. The van der Waals surface area contributed by atoms with Gasteiger partial charge in [-0.05, 0) is 63.5 Å². The molecule has 1 unspecified atom stereocenters. The van der Waals surface area contributed by atoms with Gasteiger partial charge >= 0.3 is 6.09 Å². The molecule has 0 radical (unpaired) electrons. The van der Waals surface area contributed by atoms with Crippen molar-refractivity contribution < 1.29 is 18.8 Å². The number of rotatable bonds is 6. The van der Waals surface area contributed by atoms with Gasteiger partial charge in [0.2, 0.25) is 5.95 Å².